The van der Waals surface area contributed by atoms with Crippen molar-refractivity contribution in [3.8, 4) is 5.75 Å². The first-order chi connectivity index (χ1) is 13.0. The molecule has 0 spiro atoms. The van der Waals surface area contributed by atoms with E-state index in [2.05, 4.69) is 15.0 Å². The monoisotopic (exact) mass is 428 g/mol. The third-order valence-electron chi connectivity index (χ3n) is 3.49. The van der Waals surface area contributed by atoms with Gasteiger partial charge in [-0.3, -0.25) is 14.5 Å². The molecule has 2 rings (SSSR count). The Kier molecular flexibility index (Phi) is 6.59. The number of hydrogen-bond donors (Lipinski definition) is 2. The van der Waals surface area contributed by atoms with Gasteiger partial charge in [-0.1, -0.05) is 0 Å². The molecule has 1 aromatic heterocycles. The average molecular weight is 428 g/mol. The van der Waals surface area contributed by atoms with Gasteiger partial charge in [0.15, 0.2) is 0 Å². The van der Waals surface area contributed by atoms with Crippen LogP contribution < -0.4 is 14.8 Å². The van der Waals surface area contributed by atoms with Crippen LogP contribution in [0.3, 0.4) is 0 Å². The highest BCUT2D eigenvalue weighted by Gasteiger charge is 2.23. The van der Waals surface area contributed by atoms with E-state index < -0.39 is 32.5 Å². The number of ether oxygens (including phenoxy) is 1. The van der Waals surface area contributed by atoms with E-state index in [4.69, 9.17) is 4.74 Å². The van der Waals surface area contributed by atoms with Gasteiger partial charge in [-0.05, 0) is 30.3 Å². The maximum absolute atomic E-state index is 12.4. The zero-order chi connectivity index (χ0) is 20.9. The Hall–Kier alpha value is -2.70. The van der Waals surface area contributed by atoms with Gasteiger partial charge in [0.1, 0.15) is 10.6 Å². The van der Waals surface area contributed by atoms with Gasteiger partial charge in [-0.15, -0.1) is 0 Å². The van der Waals surface area contributed by atoms with Crippen molar-refractivity contribution in [1.82, 2.24) is 9.29 Å². The summed E-state index contributed by atoms with van der Waals surface area (Å²) in [5.41, 5.74) is 0.406. The third kappa shape index (κ3) is 5.65. The average Bonchev–Trinajstić information content (AvgIpc) is 2.61. The second-order valence-electron chi connectivity index (χ2n) is 5.79. The van der Waals surface area contributed by atoms with Crippen LogP contribution in [0, 0.1) is 0 Å². The smallest absolute Gasteiger partial charge is 0.244 e. The highest BCUT2D eigenvalue weighted by Crippen LogP contribution is 2.28. The van der Waals surface area contributed by atoms with Gasteiger partial charge in [0, 0.05) is 25.1 Å². The number of rotatable bonds is 8. The number of nitrogens with one attached hydrogen (secondary N) is 2. The molecule has 2 N–H and O–H groups in total. The second-order valence-corrected chi connectivity index (χ2v) is 9.58. The number of aromatic nitrogens is 1. The van der Waals surface area contributed by atoms with Crippen molar-refractivity contribution in [2.45, 2.75) is 4.90 Å². The van der Waals surface area contributed by atoms with Gasteiger partial charge in [-0.25, -0.2) is 16.8 Å². The van der Waals surface area contributed by atoms with Gasteiger partial charge in [0.25, 0.3) is 0 Å². The molecule has 0 atom stereocenters. The SMILES string of the molecule is COc1ccc(NC(=O)CN(C)S(=O)(=O)c2cccnc2)cc1NS(C)(=O)=O. The van der Waals surface area contributed by atoms with Gasteiger partial charge >= 0.3 is 0 Å². The molecule has 1 aromatic carbocycles. The summed E-state index contributed by atoms with van der Waals surface area (Å²) in [6, 6.07) is 7.20. The minimum atomic E-state index is -3.87. The van der Waals surface area contributed by atoms with E-state index in [1.54, 1.807) is 0 Å². The predicted octanol–water partition coefficient (Wildman–Crippen LogP) is 0.721. The van der Waals surface area contributed by atoms with Crippen LogP contribution in [0.4, 0.5) is 11.4 Å². The topological polar surface area (TPSA) is 135 Å². The molecule has 2 aromatic rings. The van der Waals surface area contributed by atoms with E-state index in [1.165, 1.54) is 56.9 Å². The van der Waals surface area contributed by atoms with Crippen molar-refractivity contribution in [2.24, 2.45) is 0 Å². The van der Waals surface area contributed by atoms with Crippen molar-refractivity contribution >= 4 is 37.3 Å². The molecular formula is C16H20N4O6S2. The van der Waals surface area contributed by atoms with Crippen molar-refractivity contribution in [1.29, 1.82) is 0 Å². The lowest BCUT2D eigenvalue weighted by Crippen LogP contribution is -2.35. The zero-order valence-electron chi connectivity index (χ0n) is 15.4. The molecular weight excluding hydrogens is 408 g/mol. The zero-order valence-corrected chi connectivity index (χ0v) is 17.0. The minimum absolute atomic E-state index is 0.0330. The summed E-state index contributed by atoms with van der Waals surface area (Å²) in [4.78, 5) is 16.0. The quantitative estimate of drug-likeness (QED) is 0.632. The van der Waals surface area contributed by atoms with Crippen molar-refractivity contribution in [3.63, 3.8) is 0 Å². The fraction of sp³-hybridized carbons (Fsp3) is 0.250. The molecule has 1 heterocycles. The van der Waals surface area contributed by atoms with Crippen LogP contribution in [0.15, 0.2) is 47.6 Å². The van der Waals surface area contributed by atoms with Crippen molar-refractivity contribution in [2.75, 3.05) is 37.0 Å². The molecule has 1 amide bonds. The number of benzene rings is 1. The molecule has 0 fully saturated rings. The number of anilines is 2. The van der Waals surface area contributed by atoms with E-state index in [0.717, 1.165) is 10.6 Å². The van der Waals surface area contributed by atoms with E-state index in [9.17, 15) is 21.6 Å². The van der Waals surface area contributed by atoms with Crippen LogP contribution in [-0.2, 0) is 24.8 Å². The van der Waals surface area contributed by atoms with Crippen LogP contribution in [0.5, 0.6) is 5.75 Å². The first-order valence-corrected chi connectivity index (χ1v) is 11.2. The second kappa shape index (κ2) is 8.54. The van der Waals surface area contributed by atoms with Crippen LogP contribution in [-0.4, -0.2) is 59.0 Å². The number of hydrogen-bond acceptors (Lipinski definition) is 7. The Morgan fingerprint density at radius 2 is 1.93 bits per heavy atom. The van der Waals surface area contributed by atoms with E-state index in [1.807, 2.05) is 0 Å². The molecule has 0 bridgehead atoms. The number of sulfonamides is 2. The first kappa shape index (κ1) is 21.6. The fourth-order valence-electron chi connectivity index (χ4n) is 2.23. The van der Waals surface area contributed by atoms with Crippen LogP contribution in [0.2, 0.25) is 0 Å². The highest BCUT2D eigenvalue weighted by atomic mass is 32.2. The van der Waals surface area contributed by atoms with E-state index in [-0.39, 0.29) is 22.0 Å². The van der Waals surface area contributed by atoms with Gasteiger partial charge in [0.2, 0.25) is 26.0 Å². The minimum Gasteiger partial charge on any atom is -0.495 e. The summed E-state index contributed by atoms with van der Waals surface area (Å²) in [6.07, 6.45) is 3.61. The maximum Gasteiger partial charge on any atom is 0.244 e. The summed E-state index contributed by atoms with van der Waals surface area (Å²) in [6.45, 7) is -0.446. The molecule has 0 unspecified atom stereocenters. The molecule has 0 aliphatic heterocycles. The molecule has 10 nitrogen and oxygen atoms in total. The van der Waals surface area contributed by atoms with E-state index >= 15 is 0 Å². The Bertz CT molecular complexity index is 1060. The van der Waals surface area contributed by atoms with Gasteiger partial charge in [-0.2, -0.15) is 4.31 Å². The first-order valence-electron chi connectivity index (χ1n) is 7.85. The summed E-state index contributed by atoms with van der Waals surface area (Å²) in [5, 5.41) is 2.52. The van der Waals surface area contributed by atoms with Crippen LogP contribution in [0.1, 0.15) is 0 Å². The summed E-state index contributed by atoms with van der Waals surface area (Å²) < 4.78 is 56.0. The van der Waals surface area contributed by atoms with Gasteiger partial charge < -0.3 is 10.1 Å². The number of methoxy groups -OCH3 is 1. The Morgan fingerprint density at radius 1 is 1.21 bits per heavy atom. The van der Waals surface area contributed by atoms with Crippen LogP contribution >= 0.6 is 0 Å². The molecule has 12 heteroatoms. The highest BCUT2D eigenvalue weighted by molar-refractivity contribution is 7.92. The lowest BCUT2D eigenvalue weighted by Gasteiger charge is -2.17. The molecule has 0 radical (unpaired) electrons. The largest absolute Gasteiger partial charge is 0.495 e. The third-order valence-corrected chi connectivity index (χ3v) is 5.87. The number of carbonyl (C=O) groups is 1. The Labute approximate surface area is 163 Å². The Balaban J connectivity index is 2.13. The Morgan fingerprint density at radius 3 is 2.50 bits per heavy atom. The predicted molar refractivity (Wildman–Crippen MR) is 104 cm³/mol. The molecule has 0 aliphatic rings. The van der Waals surface area contributed by atoms with Crippen LogP contribution in [0.25, 0.3) is 0 Å². The molecule has 0 aliphatic carbocycles. The number of pyridine rings is 1. The van der Waals surface area contributed by atoms with E-state index in [0.29, 0.717) is 0 Å². The van der Waals surface area contributed by atoms with Crippen molar-refractivity contribution < 1.29 is 26.4 Å². The molecule has 0 saturated heterocycles. The maximum atomic E-state index is 12.4. The molecule has 0 saturated carbocycles. The number of nitrogens with zero attached hydrogens (tertiary/aromatic N) is 2. The number of carbonyl (C=O) groups excluding carboxylic acids is 1. The summed E-state index contributed by atoms with van der Waals surface area (Å²) >= 11 is 0. The molecule has 152 valence electrons. The van der Waals surface area contributed by atoms with Crippen molar-refractivity contribution in [3.05, 3.63) is 42.7 Å². The summed E-state index contributed by atoms with van der Waals surface area (Å²) in [7, 11) is -4.79. The summed E-state index contributed by atoms with van der Waals surface area (Å²) in [5.74, 6) is -0.342. The normalized spacial score (nSPS) is 11.9. The molecule has 28 heavy (non-hydrogen) atoms. The lowest BCUT2D eigenvalue weighted by atomic mass is 10.2. The number of amides is 1. The fourth-order valence-corrected chi connectivity index (χ4v) is 3.88. The standard InChI is InChI=1S/C16H20N4O6S2/c1-20(28(24,25)13-5-4-8-17-10-13)11-16(21)18-12-6-7-15(26-2)14(9-12)19-27(3,22)23/h4-10,19H,11H2,1-3H3,(H,18,21). The number of likely N-dealkylation sites (N-methyl/N-ethyl adjacent to an activating group) is 1. The lowest BCUT2D eigenvalue weighted by molar-refractivity contribution is -0.116. The van der Waals surface area contributed by atoms with Gasteiger partial charge in [0.05, 0.1) is 25.6 Å².